The highest BCUT2D eigenvalue weighted by atomic mass is 32.2. The molecular formula is C28H28F5NO4S. The Morgan fingerprint density at radius 3 is 2.38 bits per heavy atom. The van der Waals surface area contributed by atoms with Crippen LogP contribution in [0.1, 0.15) is 55.7 Å². The minimum atomic E-state index is -5.16. The SMILES string of the molecule is CC(F)(c1ccc2c(c1)CC[C@H]1[C@H](CC(=O)[C@@H]3CNC(=O)C3)CC[C@@]21S(=O)(=O)c1ccc(F)cc1)C(F)(F)F. The van der Waals surface area contributed by atoms with E-state index < -0.39 is 49.6 Å². The fourth-order valence-corrected chi connectivity index (χ4v) is 9.25. The van der Waals surface area contributed by atoms with Crippen LogP contribution in [0.3, 0.4) is 0 Å². The minimum Gasteiger partial charge on any atom is -0.355 e. The summed E-state index contributed by atoms with van der Waals surface area (Å²) >= 11 is 0. The lowest BCUT2D eigenvalue weighted by molar-refractivity contribution is -0.228. The monoisotopic (exact) mass is 569 g/mol. The molecule has 1 heterocycles. The van der Waals surface area contributed by atoms with E-state index in [2.05, 4.69) is 5.32 Å². The first-order valence-electron chi connectivity index (χ1n) is 12.9. The molecule has 11 heteroatoms. The number of amides is 1. The van der Waals surface area contributed by atoms with Crippen LogP contribution in [-0.4, -0.2) is 32.8 Å². The van der Waals surface area contributed by atoms with Gasteiger partial charge in [0, 0.05) is 25.3 Å². The average molecular weight is 570 g/mol. The molecule has 3 aliphatic rings. The smallest absolute Gasteiger partial charge is 0.355 e. The van der Waals surface area contributed by atoms with Crippen molar-refractivity contribution in [2.45, 2.75) is 66.9 Å². The topological polar surface area (TPSA) is 80.3 Å². The third-order valence-electron chi connectivity index (χ3n) is 8.91. The number of ketones is 1. The summed E-state index contributed by atoms with van der Waals surface area (Å²) in [4.78, 5) is 24.5. The molecule has 1 saturated carbocycles. The maximum absolute atomic E-state index is 14.8. The fourth-order valence-electron chi connectivity index (χ4n) is 6.76. The molecule has 1 N–H and O–H groups in total. The van der Waals surface area contributed by atoms with Gasteiger partial charge in [-0.2, -0.15) is 13.2 Å². The Morgan fingerprint density at radius 2 is 1.77 bits per heavy atom. The molecule has 0 bridgehead atoms. The van der Waals surface area contributed by atoms with Gasteiger partial charge in [0.25, 0.3) is 0 Å². The van der Waals surface area contributed by atoms with Crippen molar-refractivity contribution in [3.8, 4) is 0 Å². The standard InChI is InChI=1S/C28H28F5NO4S/c1-26(30,28(31,32)33)19-3-9-23-16(12-19)2-8-22-17(13-24(35)18-14-25(36)34-15-18)10-11-27(22,23)39(37,38)21-6-4-20(29)5-7-21/h3-7,9,12,17-18,22H,2,8,10-11,13-15H2,1H3,(H,34,36)/t17-,18-,22-,26?,27-/m0/s1. The van der Waals surface area contributed by atoms with Gasteiger partial charge in [0.2, 0.25) is 11.6 Å². The van der Waals surface area contributed by atoms with Gasteiger partial charge in [-0.15, -0.1) is 0 Å². The zero-order chi connectivity index (χ0) is 28.4. The summed E-state index contributed by atoms with van der Waals surface area (Å²) in [5.74, 6) is -2.33. The van der Waals surface area contributed by atoms with E-state index in [1.807, 2.05) is 0 Å². The van der Waals surface area contributed by atoms with E-state index in [0.717, 1.165) is 36.4 Å². The Labute approximate surface area is 223 Å². The van der Waals surface area contributed by atoms with Gasteiger partial charge in [0.1, 0.15) is 16.3 Å². The van der Waals surface area contributed by atoms with E-state index in [4.69, 9.17) is 0 Å². The Kier molecular flexibility index (Phi) is 6.67. The molecule has 2 aromatic carbocycles. The Balaban J connectivity index is 1.60. The number of aryl methyl sites for hydroxylation is 1. The van der Waals surface area contributed by atoms with Crippen LogP contribution in [-0.2, 0) is 36.3 Å². The predicted molar refractivity (Wildman–Crippen MR) is 131 cm³/mol. The molecule has 0 aromatic heterocycles. The van der Waals surface area contributed by atoms with Gasteiger partial charge in [0.15, 0.2) is 9.84 Å². The Hall–Kier alpha value is -2.82. The van der Waals surface area contributed by atoms with Gasteiger partial charge < -0.3 is 5.32 Å². The maximum atomic E-state index is 14.8. The number of rotatable bonds is 6. The number of carbonyl (C=O) groups is 2. The molecule has 2 fully saturated rings. The largest absolute Gasteiger partial charge is 0.426 e. The van der Waals surface area contributed by atoms with Crippen molar-refractivity contribution in [2.75, 3.05) is 6.54 Å². The second-order valence-corrected chi connectivity index (χ2v) is 13.2. The average Bonchev–Trinajstić information content (AvgIpc) is 3.48. The molecule has 39 heavy (non-hydrogen) atoms. The van der Waals surface area contributed by atoms with E-state index >= 15 is 0 Å². The van der Waals surface area contributed by atoms with E-state index in [0.29, 0.717) is 24.5 Å². The number of benzene rings is 2. The maximum Gasteiger partial charge on any atom is 0.426 e. The van der Waals surface area contributed by atoms with E-state index in [-0.39, 0.29) is 61.2 Å². The second-order valence-electron chi connectivity index (χ2n) is 11.0. The molecular weight excluding hydrogens is 541 g/mol. The third-order valence-corrected chi connectivity index (χ3v) is 11.5. The van der Waals surface area contributed by atoms with Crippen molar-refractivity contribution in [3.63, 3.8) is 0 Å². The van der Waals surface area contributed by atoms with Crippen molar-refractivity contribution in [2.24, 2.45) is 17.8 Å². The van der Waals surface area contributed by atoms with Crippen LogP contribution in [0.15, 0.2) is 47.4 Å². The molecule has 5 rings (SSSR count). The van der Waals surface area contributed by atoms with Gasteiger partial charge in [0.05, 0.1) is 4.90 Å². The van der Waals surface area contributed by atoms with E-state index in [1.54, 1.807) is 0 Å². The first kappa shape index (κ1) is 27.7. The van der Waals surface area contributed by atoms with Gasteiger partial charge in [-0.3, -0.25) is 9.59 Å². The van der Waals surface area contributed by atoms with E-state index in [9.17, 15) is 40.0 Å². The summed E-state index contributed by atoms with van der Waals surface area (Å²) < 4.78 is 95.9. The number of sulfone groups is 1. The molecule has 0 radical (unpaired) electrons. The number of carbonyl (C=O) groups excluding carboxylic acids is 2. The quantitative estimate of drug-likeness (QED) is 0.378. The van der Waals surface area contributed by atoms with Crippen molar-refractivity contribution >= 4 is 21.5 Å². The van der Waals surface area contributed by atoms with Crippen LogP contribution < -0.4 is 5.32 Å². The summed E-state index contributed by atoms with van der Waals surface area (Å²) in [6, 6.07) is 7.77. The number of hydrogen-bond donors (Lipinski definition) is 1. The fraction of sp³-hybridized carbons (Fsp3) is 0.500. The predicted octanol–water partition coefficient (Wildman–Crippen LogP) is 5.31. The van der Waals surface area contributed by atoms with Crippen LogP contribution >= 0.6 is 0 Å². The summed E-state index contributed by atoms with van der Waals surface area (Å²) in [6.45, 7) is 0.673. The van der Waals surface area contributed by atoms with Crippen molar-refractivity contribution in [1.82, 2.24) is 5.32 Å². The summed E-state index contributed by atoms with van der Waals surface area (Å²) in [5, 5.41) is 2.63. The van der Waals surface area contributed by atoms with Gasteiger partial charge in [-0.1, -0.05) is 18.2 Å². The number of nitrogens with one attached hydrogen (secondary N) is 1. The van der Waals surface area contributed by atoms with Crippen LogP contribution in [0.4, 0.5) is 22.0 Å². The summed E-state index contributed by atoms with van der Waals surface area (Å²) in [5.41, 5.74) is -3.61. The zero-order valence-electron chi connectivity index (χ0n) is 21.2. The van der Waals surface area contributed by atoms with Crippen LogP contribution in [0, 0.1) is 23.6 Å². The molecule has 2 aromatic rings. The summed E-state index contributed by atoms with van der Waals surface area (Å²) in [6.07, 6.45) is -4.03. The Bertz CT molecular complexity index is 1420. The highest BCUT2D eigenvalue weighted by molar-refractivity contribution is 7.92. The van der Waals surface area contributed by atoms with Crippen molar-refractivity contribution < 1.29 is 40.0 Å². The molecule has 1 unspecified atom stereocenters. The number of halogens is 5. The molecule has 2 aliphatic carbocycles. The van der Waals surface area contributed by atoms with Gasteiger partial charge in [-0.25, -0.2) is 17.2 Å². The van der Waals surface area contributed by atoms with Gasteiger partial charge in [-0.05, 0) is 85.4 Å². The van der Waals surface area contributed by atoms with E-state index in [1.165, 1.54) is 6.07 Å². The lowest BCUT2D eigenvalue weighted by Crippen LogP contribution is -2.45. The van der Waals surface area contributed by atoms with Crippen LogP contribution in [0.2, 0.25) is 0 Å². The lowest BCUT2D eigenvalue weighted by atomic mass is 9.71. The zero-order valence-corrected chi connectivity index (χ0v) is 22.0. The molecule has 210 valence electrons. The van der Waals surface area contributed by atoms with Gasteiger partial charge >= 0.3 is 6.18 Å². The van der Waals surface area contributed by atoms with Crippen molar-refractivity contribution in [1.29, 1.82) is 0 Å². The minimum absolute atomic E-state index is 0.0784. The third kappa shape index (κ3) is 4.37. The second kappa shape index (κ2) is 9.38. The molecule has 0 spiro atoms. The number of fused-ring (bicyclic) bond motifs is 3. The number of Topliss-reactive ketones (excluding diaryl/α,β-unsaturated/α-hetero) is 1. The highest BCUT2D eigenvalue weighted by Crippen LogP contribution is 2.60. The number of hydrogen-bond acceptors (Lipinski definition) is 4. The summed E-state index contributed by atoms with van der Waals surface area (Å²) in [7, 11) is -4.22. The first-order chi connectivity index (χ1) is 18.2. The Morgan fingerprint density at radius 1 is 1.08 bits per heavy atom. The van der Waals surface area contributed by atoms with Crippen LogP contribution in [0.5, 0.6) is 0 Å². The van der Waals surface area contributed by atoms with Crippen LogP contribution in [0.25, 0.3) is 0 Å². The molecule has 5 nitrogen and oxygen atoms in total. The molecule has 1 aliphatic heterocycles. The molecule has 1 saturated heterocycles. The highest BCUT2D eigenvalue weighted by Gasteiger charge is 2.61. The first-order valence-corrected chi connectivity index (χ1v) is 14.4. The lowest BCUT2D eigenvalue weighted by Gasteiger charge is -2.43. The molecule has 1 amide bonds. The van der Waals surface area contributed by atoms with Crippen molar-refractivity contribution in [3.05, 3.63) is 65.0 Å². The normalized spacial score (nSPS) is 28.4. The molecule has 5 atom stereocenters. The number of alkyl halides is 4.